The van der Waals surface area contributed by atoms with Crippen molar-refractivity contribution in [2.75, 3.05) is 91.8 Å². The van der Waals surface area contributed by atoms with E-state index >= 15 is 0 Å². The summed E-state index contributed by atoms with van der Waals surface area (Å²) in [6, 6.07) is 0. The first-order valence-electron chi connectivity index (χ1n) is 21.8. The van der Waals surface area contributed by atoms with Crippen LogP contribution in [0.25, 0.3) is 0 Å². The minimum Gasteiger partial charge on any atom is -0.380 e. The molecule has 5 fully saturated rings. The van der Waals surface area contributed by atoms with E-state index in [1.54, 1.807) is 0 Å². The summed E-state index contributed by atoms with van der Waals surface area (Å²) in [4.78, 5) is 13.0. The van der Waals surface area contributed by atoms with Crippen LogP contribution in [0.3, 0.4) is 0 Å². The SMILES string of the molecule is CC(C)(C)CCOCCN1CCC(C(C)(C)C)CC1.CC(C)(C)CN1CC(C2CN(C(C)(C)C)C2)C1.CC(C)(C)N1CC(C2CN(C(C)(C)C)C2)C1. The van der Waals surface area contributed by atoms with Gasteiger partial charge < -0.3 is 14.5 Å². The van der Waals surface area contributed by atoms with E-state index in [-0.39, 0.29) is 0 Å². The van der Waals surface area contributed by atoms with Crippen molar-refractivity contribution in [2.45, 2.75) is 161 Å². The molecule has 5 rings (SSSR count). The summed E-state index contributed by atoms with van der Waals surface area (Å²) in [7, 11) is 0. The number of likely N-dealkylation sites (tertiary alicyclic amines) is 5. The lowest BCUT2D eigenvalue weighted by Gasteiger charge is -2.57. The summed E-state index contributed by atoms with van der Waals surface area (Å²) >= 11 is 0. The lowest BCUT2D eigenvalue weighted by Crippen LogP contribution is -2.65. The van der Waals surface area contributed by atoms with Gasteiger partial charge in [-0.1, -0.05) is 62.3 Å². The summed E-state index contributed by atoms with van der Waals surface area (Å²) in [6.45, 7) is 59.2. The lowest BCUT2D eigenvalue weighted by atomic mass is 9.75. The van der Waals surface area contributed by atoms with Gasteiger partial charge in [0.15, 0.2) is 0 Å². The Hall–Kier alpha value is -0.240. The third kappa shape index (κ3) is 15.4. The molecule has 308 valence electrons. The van der Waals surface area contributed by atoms with Gasteiger partial charge in [0.25, 0.3) is 0 Å². The van der Waals surface area contributed by atoms with Gasteiger partial charge in [-0.05, 0) is 141 Å². The molecule has 0 amide bonds. The second kappa shape index (κ2) is 17.9. The summed E-state index contributed by atoms with van der Waals surface area (Å²) in [5.74, 6) is 4.79. The molecule has 5 aliphatic rings. The van der Waals surface area contributed by atoms with Gasteiger partial charge in [-0.25, -0.2) is 0 Å². The van der Waals surface area contributed by atoms with Gasteiger partial charge in [-0.3, -0.25) is 14.7 Å². The Morgan fingerprint density at radius 2 is 0.808 bits per heavy atom. The molecule has 5 aliphatic heterocycles. The molecule has 0 aromatic rings. The van der Waals surface area contributed by atoms with Crippen LogP contribution in [0.5, 0.6) is 0 Å². The topological polar surface area (TPSA) is 25.4 Å². The summed E-state index contributed by atoms with van der Waals surface area (Å²) in [5.41, 5.74) is 2.47. The first-order chi connectivity index (χ1) is 23.5. The number of hydrogen-bond donors (Lipinski definition) is 0. The van der Waals surface area contributed by atoms with Crippen molar-refractivity contribution in [3.05, 3.63) is 0 Å². The average molecular weight is 732 g/mol. The zero-order valence-corrected chi connectivity index (χ0v) is 38.6. The lowest BCUT2D eigenvalue weighted by molar-refractivity contribution is -0.0819. The van der Waals surface area contributed by atoms with Gasteiger partial charge in [-0.2, -0.15) is 0 Å². The van der Waals surface area contributed by atoms with Gasteiger partial charge in [0.05, 0.1) is 6.61 Å². The van der Waals surface area contributed by atoms with Crippen LogP contribution in [-0.2, 0) is 4.74 Å². The number of nitrogens with zero attached hydrogens (tertiary/aromatic N) is 5. The molecule has 6 nitrogen and oxygen atoms in total. The number of piperidine rings is 1. The minimum atomic E-state index is 0.379. The second-order valence-corrected chi connectivity index (χ2v) is 24.4. The van der Waals surface area contributed by atoms with Gasteiger partial charge in [0.1, 0.15) is 0 Å². The highest BCUT2D eigenvalue weighted by Gasteiger charge is 2.45. The molecule has 0 aromatic heterocycles. The van der Waals surface area contributed by atoms with Crippen LogP contribution >= 0.6 is 0 Å². The molecule has 52 heavy (non-hydrogen) atoms. The number of ether oxygens (including phenoxy) is 1. The van der Waals surface area contributed by atoms with Crippen molar-refractivity contribution >= 4 is 0 Å². The molecule has 5 saturated heterocycles. The Kier molecular flexibility index (Phi) is 15.9. The molecular weight excluding hydrogens is 639 g/mol. The van der Waals surface area contributed by atoms with E-state index in [1.165, 1.54) is 84.8 Å². The monoisotopic (exact) mass is 732 g/mol. The first kappa shape index (κ1) is 46.1. The molecular formula is C46H93N5O. The Balaban J connectivity index is 0.000000211. The number of rotatable bonds is 8. The van der Waals surface area contributed by atoms with Crippen molar-refractivity contribution in [3.8, 4) is 0 Å². The summed E-state index contributed by atoms with van der Waals surface area (Å²) in [6.07, 6.45) is 3.86. The van der Waals surface area contributed by atoms with Crippen LogP contribution in [0.1, 0.15) is 144 Å². The number of hydrogen-bond acceptors (Lipinski definition) is 6. The Labute approximate surface area is 326 Å². The summed E-state index contributed by atoms with van der Waals surface area (Å²) < 4.78 is 5.76. The van der Waals surface area contributed by atoms with E-state index < -0.39 is 0 Å². The quantitative estimate of drug-likeness (QED) is 0.231. The molecule has 0 atom stereocenters. The van der Waals surface area contributed by atoms with Crippen molar-refractivity contribution in [1.29, 1.82) is 0 Å². The predicted molar refractivity (Wildman–Crippen MR) is 227 cm³/mol. The smallest absolute Gasteiger partial charge is 0.0593 e. The molecule has 0 aromatic carbocycles. The van der Waals surface area contributed by atoms with E-state index in [0.29, 0.717) is 32.9 Å². The fourth-order valence-electron chi connectivity index (χ4n) is 8.48. The first-order valence-corrected chi connectivity index (χ1v) is 21.8. The third-order valence-electron chi connectivity index (χ3n) is 13.0. The standard InChI is InChI=1S/C17H35NO.C15H30N2.C14H28N2/c1-16(2,3)9-13-19-14-12-18-10-7-15(8-11-18)17(4,5)6;1-14(2,3)11-16-7-12(8-16)13-9-17(10-13)15(4,5)6;1-13(2,3)15-7-11(8-15)12-9-16(10-12)14(4,5)6/h15H,7-14H2,1-6H3;12-13H,7-11H2,1-6H3;11-12H,7-10H2,1-6H3. The maximum atomic E-state index is 5.76. The minimum absolute atomic E-state index is 0.379. The van der Waals surface area contributed by atoms with Gasteiger partial charge in [0.2, 0.25) is 0 Å². The van der Waals surface area contributed by atoms with Crippen LogP contribution in [0.15, 0.2) is 0 Å². The maximum absolute atomic E-state index is 5.76. The van der Waals surface area contributed by atoms with Gasteiger partial charge in [0, 0.05) is 88.7 Å². The van der Waals surface area contributed by atoms with E-state index in [1.807, 2.05) is 0 Å². The van der Waals surface area contributed by atoms with Crippen LogP contribution in [-0.4, -0.2) is 133 Å². The molecule has 0 saturated carbocycles. The van der Waals surface area contributed by atoms with Gasteiger partial charge >= 0.3 is 0 Å². The van der Waals surface area contributed by atoms with E-state index in [2.05, 4.69) is 149 Å². The maximum Gasteiger partial charge on any atom is 0.0593 e. The van der Waals surface area contributed by atoms with Crippen LogP contribution in [0.4, 0.5) is 0 Å². The molecule has 0 aliphatic carbocycles. The zero-order chi connectivity index (χ0) is 39.5. The highest BCUT2D eigenvalue weighted by atomic mass is 16.5. The highest BCUT2D eigenvalue weighted by molar-refractivity contribution is 4.99. The molecule has 0 bridgehead atoms. The Morgan fingerprint density at radius 3 is 1.12 bits per heavy atom. The fourth-order valence-corrected chi connectivity index (χ4v) is 8.48. The second-order valence-electron chi connectivity index (χ2n) is 24.4. The Bertz CT molecular complexity index is 988. The van der Waals surface area contributed by atoms with Crippen LogP contribution in [0, 0.1) is 45.8 Å². The fraction of sp³-hybridized carbons (Fsp3) is 1.00. The van der Waals surface area contributed by atoms with E-state index in [9.17, 15) is 0 Å². The molecule has 5 heterocycles. The highest BCUT2D eigenvalue weighted by Crippen LogP contribution is 2.38. The van der Waals surface area contributed by atoms with Crippen molar-refractivity contribution in [1.82, 2.24) is 24.5 Å². The Morgan fingerprint density at radius 1 is 0.442 bits per heavy atom. The largest absolute Gasteiger partial charge is 0.380 e. The molecule has 0 spiro atoms. The zero-order valence-electron chi connectivity index (χ0n) is 38.6. The molecule has 0 unspecified atom stereocenters. The molecule has 0 radical (unpaired) electrons. The van der Waals surface area contributed by atoms with Crippen molar-refractivity contribution in [3.63, 3.8) is 0 Å². The van der Waals surface area contributed by atoms with Crippen molar-refractivity contribution in [2.24, 2.45) is 45.8 Å². The predicted octanol–water partition coefficient (Wildman–Crippen LogP) is 9.34. The summed E-state index contributed by atoms with van der Waals surface area (Å²) in [5, 5.41) is 0. The van der Waals surface area contributed by atoms with Crippen molar-refractivity contribution < 1.29 is 4.74 Å². The third-order valence-corrected chi connectivity index (χ3v) is 13.0. The van der Waals surface area contributed by atoms with Crippen LogP contribution in [0.2, 0.25) is 0 Å². The van der Waals surface area contributed by atoms with E-state index in [0.717, 1.165) is 55.8 Å². The molecule has 6 heteroatoms. The molecule has 0 N–H and O–H groups in total. The van der Waals surface area contributed by atoms with Gasteiger partial charge in [-0.15, -0.1) is 0 Å². The normalized spacial score (nSPS) is 23.9. The average Bonchev–Trinajstić information content (AvgIpc) is 2.83. The van der Waals surface area contributed by atoms with E-state index in [4.69, 9.17) is 4.74 Å². The van der Waals surface area contributed by atoms with Crippen LogP contribution < -0.4 is 0 Å².